The molecule has 0 atom stereocenters. The first-order valence-corrected chi connectivity index (χ1v) is 9.34. The molecule has 2 N–H and O–H groups in total. The Morgan fingerprint density at radius 2 is 2.00 bits per heavy atom. The number of carbonyl (C=O) groups is 1. The highest BCUT2D eigenvalue weighted by Crippen LogP contribution is 2.21. The molecule has 0 radical (unpaired) electrons. The molecule has 2 heterocycles. The van der Waals surface area contributed by atoms with Gasteiger partial charge < -0.3 is 4.90 Å². The van der Waals surface area contributed by atoms with Gasteiger partial charge in [0.25, 0.3) is 0 Å². The van der Waals surface area contributed by atoms with Crippen molar-refractivity contribution in [3.05, 3.63) is 28.7 Å². The van der Waals surface area contributed by atoms with Crippen molar-refractivity contribution in [1.82, 2.24) is 15.2 Å². The van der Waals surface area contributed by atoms with Gasteiger partial charge in [-0.3, -0.25) is 10.1 Å². The third-order valence-electron chi connectivity index (χ3n) is 3.55. The summed E-state index contributed by atoms with van der Waals surface area (Å²) < 4.78 is 1.03. The van der Waals surface area contributed by atoms with Crippen LogP contribution in [0.15, 0.2) is 33.6 Å². The van der Waals surface area contributed by atoms with E-state index in [9.17, 15) is 4.79 Å². The zero-order valence-corrected chi connectivity index (χ0v) is 15.0. The molecule has 1 fully saturated rings. The summed E-state index contributed by atoms with van der Waals surface area (Å²) in [6, 6.07) is 7.87. The number of nitrogens with one attached hydrogen (secondary N) is 2. The predicted molar refractivity (Wildman–Crippen MR) is 95.9 cm³/mol. The first-order valence-electron chi connectivity index (χ1n) is 7.56. The van der Waals surface area contributed by atoms with E-state index in [0.29, 0.717) is 17.6 Å². The summed E-state index contributed by atoms with van der Waals surface area (Å²) in [5.74, 6) is 1.31. The third-order valence-corrected chi connectivity index (χ3v) is 5.09. The lowest BCUT2D eigenvalue weighted by Crippen LogP contribution is -2.30. The van der Waals surface area contributed by atoms with Crippen LogP contribution in [-0.2, 0) is 4.79 Å². The van der Waals surface area contributed by atoms with E-state index in [1.54, 1.807) is 0 Å². The molecule has 1 saturated heterocycles. The normalized spacial score (nSPS) is 14.7. The zero-order chi connectivity index (χ0) is 16.1. The molecule has 8 heteroatoms. The van der Waals surface area contributed by atoms with E-state index < -0.39 is 0 Å². The molecule has 1 amide bonds. The maximum atomic E-state index is 12.0. The number of aromatic amines is 1. The van der Waals surface area contributed by atoms with Gasteiger partial charge in [0.1, 0.15) is 0 Å². The number of nitrogens with zero attached hydrogens (tertiary/aromatic N) is 3. The smallest absolute Gasteiger partial charge is 0.246 e. The lowest BCUT2D eigenvalue weighted by molar-refractivity contribution is -0.113. The lowest BCUT2D eigenvalue weighted by atomic mass is 10.1. The van der Waals surface area contributed by atoms with E-state index in [-0.39, 0.29) is 5.91 Å². The molecule has 23 heavy (non-hydrogen) atoms. The molecule has 2 aromatic rings. The standard InChI is InChI=1S/C15H18BrN5OS/c16-11-4-6-12(7-5-11)23-10-13(22)17-14-18-15(20-19-14)21-8-2-1-3-9-21/h4-7H,1-3,8-10H2,(H2,17,18,19,20,22). The predicted octanol–water partition coefficient (Wildman–Crippen LogP) is 3.29. The second kappa shape index (κ2) is 7.83. The minimum atomic E-state index is -0.0979. The number of H-pyrrole nitrogens is 1. The lowest BCUT2D eigenvalue weighted by Gasteiger charge is -2.24. The third kappa shape index (κ3) is 4.71. The number of halogens is 1. The van der Waals surface area contributed by atoms with Gasteiger partial charge in [0.15, 0.2) is 0 Å². The number of amides is 1. The van der Waals surface area contributed by atoms with E-state index in [1.807, 2.05) is 24.3 Å². The van der Waals surface area contributed by atoms with Crippen LogP contribution in [0, 0.1) is 0 Å². The number of piperidine rings is 1. The van der Waals surface area contributed by atoms with Gasteiger partial charge in [0.05, 0.1) is 5.75 Å². The molecule has 1 aliphatic heterocycles. The van der Waals surface area contributed by atoms with Gasteiger partial charge in [-0.05, 0) is 43.5 Å². The number of aromatic nitrogens is 3. The Bertz CT molecular complexity index is 654. The van der Waals surface area contributed by atoms with Gasteiger partial charge in [-0.25, -0.2) is 5.10 Å². The van der Waals surface area contributed by atoms with Crippen LogP contribution in [-0.4, -0.2) is 39.9 Å². The van der Waals surface area contributed by atoms with E-state index in [1.165, 1.54) is 31.0 Å². The Kier molecular flexibility index (Phi) is 5.56. The van der Waals surface area contributed by atoms with Crippen LogP contribution in [0.25, 0.3) is 0 Å². The van der Waals surface area contributed by atoms with Gasteiger partial charge in [0.2, 0.25) is 17.8 Å². The Hall–Kier alpha value is -1.54. The van der Waals surface area contributed by atoms with Crippen LogP contribution in [0.4, 0.5) is 11.9 Å². The maximum Gasteiger partial charge on any atom is 0.246 e. The van der Waals surface area contributed by atoms with Crippen LogP contribution in [0.2, 0.25) is 0 Å². The molecule has 3 rings (SSSR count). The van der Waals surface area contributed by atoms with E-state index in [0.717, 1.165) is 22.5 Å². The molecule has 0 aliphatic carbocycles. The largest absolute Gasteiger partial charge is 0.340 e. The Morgan fingerprint density at radius 3 is 2.74 bits per heavy atom. The topological polar surface area (TPSA) is 73.9 Å². The van der Waals surface area contributed by atoms with Crippen LogP contribution in [0.5, 0.6) is 0 Å². The van der Waals surface area contributed by atoms with Crippen molar-refractivity contribution < 1.29 is 4.79 Å². The molecule has 0 unspecified atom stereocenters. The number of carbonyl (C=O) groups excluding carboxylic acids is 1. The highest BCUT2D eigenvalue weighted by atomic mass is 79.9. The molecule has 0 bridgehead atoms. The monoisotopic (exact) mass is 395 g/mol. The molecular weight excluding hydrogens is 378 g/mol. The van der Waals surface area contributed by atoms with Crippen LogP contribution >= 0.6 is 27.7 Å². The highest BCUT2D eigenvalue weighted by Gasteiger charge is 2.16. The molecule has 1 aromatic carbocycles. The van der Waals surface area contributed by atoms with Gasteiger partial charge >= 0.3 is 0 Å². The zero-order valence-electron chi connectivity index (χ0n) is 12.6. The molecule has 0 saturated carbocycles. The fraction of sp³-hybridized carbons (Fsp3) is 0.400. The van der Waals surface area contributed by atoms with Crippen molar-refractivity contribution in [2.75, 3.05) is 29.1 Å². The maximum absolute atomic E-state index is 12.0. The second-order valence-electron chi connectivity index (χ2n) is 5.32. The molecule has 0 spiro atoms. The van der Waals surface area contributed by atoms with Gasteiger partial charge in [0, 0.05) is 22.5 Å². The molecule has 122 valence electrons. The van der Waals surface area contributed by atoms with Crippen molar-refractivity contribution in [2.45, 2.75) is 24.2 Å². The number of hydrogen-bond donors (Lipinski definition) is 2. The van der Waals surface area contributed by atoms with E-state index in [2.05, 4.69) is 41.3 Å². The van der Waals surface area contributed by atoms with Crippen molar-refractivity contribution in [1.29, 1.82) is 0 Å². The number of rotatable bonds is 5. The highest BCUT2D eigenvalue weighted by molar-refractivity contribution is 9.10. The summed E-state index contributed by atoms with van der Waals surface area (Å²) in [6.45, 7) is 1.95. The van der Waals surface area contributed by atoms with Crippen LogP contribution < -0.4 is 10.2 Å². The molecule has 1 aliphatic rings. The van der Waals surface area contributed by atoms with E-state index in [4.69, 9.17) is 0 Å². The summed E-state index contributed by atoms with van der Waals surface area (Å²) in [6.07, 6.45) is 3.60. The average molecular weight is 396 g/mol. The fourth-order valence-corrected chi connectivity index (χ4v) is 3.35. The van der Waals surface area contributed by atoms with Crippen LogP contribution in [0.3, 0.4) is 0 Å². The number of anilines is 2. The van der Waals surface area contributed by atoms with Crippen molar-refractivity contribution in [3.63, 3.8) is 0 Å². The Balaban J connectivity index is 1.49. The van der Waals surface area contributed by atoms with Crippen LogP contribution in [0.1, 0.15) is 19.3 Å². The van der Waals surface area contributed by atoms with Gasteiger partial charge in [-0.1, -0.05) is 15.9 Å². The number of hydrogen-bond acceptors (Lipinski definition) is 5. The SMILES string of the molecule is O=C(CSc1ccc(Br)cc1)Nc1nc(N2CCCCC2)n[nH]1. The van der Waals surface area contributed by atoms with Crippen molar-refractivity contribution >= 4 is 45.5 Å². The summed E-state index contributed by atoms with van der Waals surface area (Å²) in [5.41, 5.74) is 0. The summed E-state index contributed by atoms with van der Waals surface area (Å²) in [7, 11) is 0. The second-order valence-corrected chi connectivity index (χ2v) is 7.29. The van der Waals surface area contributed by atoms with Crippen molar-refractivity contribution in [2.24, 2.45) is 0 Å². The van der Waals surface area contributed by atoms with Gasteiger partial charge in [-0.15, -0.1) is 16.9 Å². The quantitative estimate of drug-likeness (QED) is 0.759. The molecular formula is C15H18BrN5OS. The first-order chi connectivity index (χ1) is 11.2. The van der Waals surface area contributed by atoms with Crippen molar-refractivity contribution in [3.8, 4) is 0 Å². The Morgan fingerprint density at radius 1 is 1.26 bits per heavy atom. The average Bonchev–Trinajstić information content (AvgIpc) is 3.04. The summed E-state index contributed by atoms with van der Waals surface area (Å²) in [4.78, 5) is 19.5. The minimum Gasteiger partial charge on any atom is -0.340 e. The number of benzene rings is 1. The molecule has 6 nitrogen and oxygen atoms in total. The fourth-order valence-electron chi connectivity index (χ4n) is 2.39. The molecule has 1 aromatic heterocycles. The van der Waals surface area contributed by atoms with Gasteiger partial charge in [-0.2, -0.15) is 4.98 Å². The Labute approximate surface area is 147 Å². The number of thioether (sulfide) groups is 1. The van der Waals surface area contributed by atoms with E-state index >= 15 is 0 Å². The summed E-state index contributed by atoms with van der Waals surface area (Å²) >= 11 is 4.88. The summed E-state index contributed by atoms with van der Waals surface area (Å²) in [5, 5.41) is 9.73. The first kappa shape index (κ1) is 16.3. The minimum absolute atomic E-state index is 0.0979.